The third-order valence-corrected chi connectivity index (χ3v) is 5.30. The van der Waals surface area contributed by atoms with Crippen molar-refractivity contribution in [2.75, 3.05) is 0 Å². The van der Waals surface area contributed by atoms with E-state index in [4.69, 9.17) is 0 Å². The minimum atomic E-state index is -3.86. The van der Waals surface area contributed by atoms with Crippen LogP contribution in [0.15, 0.2) is 64.5 Å². The van der Waals surface area contributed by atoms with Crippen LogP contribution in [0.5, 0.6) is 0 Å². The highest BCUT2D eigenvalue weighted by atomic mass is 32.2. The van der Waals surface area contributed by atoms with Gasteiger partial charge in [0.05, 0.1) is 12.1 Å². The molecule has 0 spiro atoms. The number of hydrogen-bond acceptors (Lipinski definition) is 4. The van der Waals surface area contributed by atoms with Crippen LogP contribution < -0.4 is 5.43 Å². The van der Waals surface area contributed by atoms with E-state index in [-0.39, 0.29) is 17.2 Å². The second-order valence-corrected chi connectivity index (χ2v) is 7.07. The van der Waals surface area contributed by atoms with Gasteiger partial charge in [-0.05, 0) is 17.7 Å². The van der Waals surface area contributed by atoms with Crippen LogP contribution in [0.3, 0.4) is 0 Å². The summed E-state index contributed by atoms with van der Waals surface area (Å²) in [6.07, 6.45) is 0.463. The highest BCUT2D eigenvalue weighted by molar-refractivity contribution is 7.89. The van der Waals surface area contributed by atoms with Crippen molar-refractivity contribution in [1.82, 2.24) is 9.84 Å². The lowest BCUT2D eigenvalue weighted by atomic mass is 10.1. The third kappa shape index (κ3) is 3.03. The second-order valence-electron chi connectivity index (χ2n) is 5.32. The minimum Gasteiger partial charge on any atom is -0.273 e. The van der Waals surface area contributed by atoms with Crippen LogP contribution >= 0.6 is 0 Å². The maximum atomic E-state index is 12.8. The van der Waals surface area contributed by atoms with Crippen molar-refractivity contribution < 1.29 is 13.2 Å². The molecule has 1 N–H and O–H groups in total. The van der Waals surface area contributed by atoms with Gasteiger partial charge in [-0.15, -0.1) is 0 Å². The number of carbonyl (C=O) groups is 1. The highest BCUT2D eigenvalue weighted by Gasteiger charge is 2.34. The van der Waals surface area contributed by atoms with Crippen LogP contribution in [0, 0.1) is 0 Å². The first-order valence-corrected chi connectivity index (χ1v) is 9.01. The molecule has 24 heavy (non-hydrogen) atoms. The van der Waals surface area contributed by atoms with Crippen LogP contribution in [-0.2, 0) is 21.2 Å². The molecule has 0 aromatic heterocycles. The molecule has 1 aliphatic heterocycles. The number of carbonyl (C=O) groups excluding carboxylic acids is 1. The number of amides is 1. The SMILES string of the molecule is CCC1=Nc2ccccc2S(=O)(=O)N1NC(=O)Cc1ccccc1. The minimum absolute atomic E-state index is 0.0854. The van der Waals surface area contributed by atoms with Crippen molar-refractivity contribution in [1.29, 1.82) is 0 Å². The van der Waals surface area contributed by atoms with Crippen molar-refractivity contribution in [2.45, 2.75) is 24.7 Å². The predicted molar refractivity (Wildman–Crippen MR) is 91.1 cm³/mol. The van der Waals surface area contributed by atoms with Crippen molar-refractivity contribution in [3.05, 3.63) is 60.2 Å². The van der Waals surface area contributed by atoms with E-state index in [0.717, 1.165) is 9.98 Å². The third-order valence-electron chi connectivity index (χ3n) is 3.62. The molecule has 0 fully saturated rings. The number of fused-ring (bicyclic) bond motifs is 1. The Balaban J connectivity index is 1.88. The number of benzene rings is 2. The van der Waals surface area contributed by atoms with Crippen LogP contribution in [-0.4, -0.2) is 24.6 Å². The molecule has 0 atom stereocenters. The summed E-state index contributed by atoms with van der Waals surface area (Å²) < 4.78 is 26.5. The molecule has 1 heterocycles. The molecule has 0 aliphatic carbocycles. The topological polar surface area (TPSA) is 78.8 Å². The van der Waals surface area contributed by atoms with Crippen LogP contribution in [0.1, 0.15) is 18.9 Å². The Labute approximate surface area is 140 Å². The molecule has 0 unspecified atom stereocenters. The van der Waals surface area contributed by atoms with Gasteiger partial charge in [-0.2, -0.15) is 12.8 Å². The molecule has 7 heteroatoms. The molecule has 1 amide bonds. The number of nitrogens with zero attached hydrogens (tertiary/aromatic N) is 2. The summed E-state index contributed by atoms with van der Waals surface area (Å²) in [4.78, 5) is 16.7. The first-order valence-electron chi connectivity index (χ1n) is 7.57. The number of nitrogens with one attached hydrogen (secondary N) is 1. The summed E-state index contributed by atoms with van der Waals surface area (Å²) in [7, 11) is -3.86. The van der Waals surface area contributed by atoms with Crippen molar-refractivity contribution in [3.8, 4) is 0 Å². The van der Waals surface area contributed by atoms with Gasteiger partial charge < -0.3 is 0 Å². The van der Waals surface area contributed by atoms with Crippen LogP contribution in [0.4, 0.5) is 5.69 Å². The number of hydrazine groups is 1. The summed E-state index contributed by atoms with van der Waals surface area (Å²) in [5, 5.41) is 0. The molecule has 3 rings (SSSR count). The van der Waals surface area contributed by atoms with Gasteiger partial charge in [0.25, 0.3) is 10.0 Å². The van der Waals surface area contributed by atoms with Gasteiger partial charge >= 0.3 is 0 Å². The first-order chi connectivity index (χ1) is 11.5. The van der Waals surface area contributed by atoms with Gasteiger partial charge in [0, 0.05) is 6.42 Å². The summed E-state index contributed by atoms with van der Waals surface area (Å²) >= 11 is 0. The van der Waals surface area contributed by atoms with E-state index in [9.17, 15) is 13.2 Å². The van der Waals surface area contributed by atoms with Gasteiger partial charge in [-0.1, -0.05) is 49.4 Å². The predicted octanol–water partition coefficient (Wildman–Crippen LogP) is 2.40. The van der Waals surface area contributed by atoms with E-state index in [0.29, 0.717) is 12.1 Å². The Morgan fingerprint density at radius 2 is 1.75 bits per heavy atom. The molecule has 2 aromatic rings. The zero-order valence-corrected chi connectivity index (χ0v) is 14.0. The number of rotatable bonds is 4. The Morgan fingerprint density at radius 1 is 1.08 bits per heavy atom. The number of amidine groups is 1. The molecular weight excluding hydrogens is 326 g/mol. The Kier molecular flexibility index (Phi) is 4.35. The summed E-state index contributed by atoms with van der Waals surface area (Å²) in [5.41, 5.74) is 3.67. The van der Waals surface area contributed by atoms with Gasteiger partial charge in [-0.3, -0.25) is 10.2 Å². The molecule has 0 saturated heterocycles. The second kappa shape index (κ2) is 6.45. The number of sulfonamides is 1. The lowest BCUT2D eigenvalue weighted by Gasteiger charge is -2.29. The molecule has 0 bridgehead atoms. The van der Waals surface area contributed by atoms with E-state index in [1.807, 2.05) is 30.3 Å². The highest BCUT2D eigenvalue weighted by Crippen LogP contribution is 2.31. The van der Waals surface area contributed by atoms with Crippen molar-refractivity contribution >= 4 is 27.5 Å². The summed E-state index contributed by atoms with van der Waals surface area (Å²) in [6, 6.07) is 15.6. The molecule has 2 aromatic carbocycles. The maximum Gasteiger partial charge on any atom is 0.285 e. The fourth-order valence-corrected chi connectivity index (χ4v) is 3.97. The van der Waals surface area contributed by atoms with E-state index >= 15 is 0 Å². The number of para-hydroxylation sites is 1. The largest absolute Gasteiger partial charge is 0.285 e. The Hall–Kier alpha value is -2.67. The van der Waals surface area contributed by atoms with Gasteiger partial charge in [0.2, 0.25) is 5.91 Å². The number of hydrogen-bond donors (Lipinski definition) is 1. The molecule has 124 valence electrons. The Bertz CT molecular complexity index is 892. The van der Waals surface area contributed by atoms with Crippen molar-refractivity contribution in [3.63, 3.8) is 0 Å². The lowest BCUT2D eigenvalue weighted by Crippen LogP contribution is -2.51. The smallest absolute Gasteiger partial charge is 0.273 e. The normalized spacial score (nSPS) is 15.4. The molecule has 0 radical (unpaired) electrons. The summed E-state index contributed by atoms with van der Waals surface area (Å²) in [6.45, 7) is 1.79. The zero-order valence-electron chi connectivity index (χ0n) is 13.1. The molecular formula is C17H17N3O3S. The van der Waals surface area contributed by atoms with Gasteiger partial charge in [0.1, 0.15) is 10.7 Å². The lowest BCUT2D eigenvalue weighted by molar-refractivity contribution is -0.122. The standard InChI is InChI=1S/C17H17N3O3S/c1-2-16-18-14-10-6-7-11-15(14)24(22,23)20(16)19-17(21)12-13-8-4-3-5-9-13/h3-11H,2,12H2,1H3,(H,19,21). The maximum absolute atomic E-state index is 12.8. The Morgan fingerprint density at radius 3 is 2.46 bits per heavy atom. The summed E-state index contributed by atoms with van der Waals surface area (Å²) in [5.74, 6) is -0.125. The van der Waals surface area contributed by atoms with E-state index < -0.39 is 15.9 Å². The molecule has 0 saturated carbocycles. The van der Waals surface area contributed by atoms with Crippen LogP contribution in [0.25, 0.3) is 0 Å². The fourth-order valence-electron chi connectivity index (χ4n) is 2.47. The molecule has 1 aliphatic rings. The average molecular weight is 343 g/mol. The quantitative estimate of drug-likeness (QED) is 0.926. The monoisotopic (exact) mass is 343 g/mol. The van der Waals surface area contributed by atoms with E-state index in [1.54, 1.807) is 25.1 Å². The average Bonchev–Trinajstić information content (AvgIpc) is 2.58. The first kappa shape index (κ1) is 16.2. The van der Waals surface area contributed by atoms with Crippen LogP contribution in [0.2, 0.25) is 0 Å². The number of aliphatic imine (C=N–C) groups is 1. The fraction of sp³-hybridized carbons (Fsp3) is 0.176. The van der Waals surface area contributed by atoms with E-state index in [2.05, 4.69) is 10.4 Å². The van der Waals surface area contributed by atoms with E-state index in [1.165, 1.54) is 6.07 Å². The van der Waals surface area contributed by atoms with Gasteiger partial charge in [0.15, 0.2) is 0 Å². The van der Waals surface area contributed by atoms with Gasteiger partial charge in [-0.25, -0.2) is 4.99 Å². The molecule has 6 nitrogen and oxygen atoms in total. The van der Waals surface area contributed by atoms with Crippen molar-refractivity contribution in [2.24, 2.45) is 4.99 Å². The zero-order chi connectivity index (χ0) is 17.2.